The number of methoxy groups -OCH3 is 2. The number of carbonyl (C=O) groups excluding carboxylic acids is 1. The van der Waals surface area contributed by atoms with E-state index in [0.29, 0.717) is 22.6 Å². The average Bonchev–Trinajstić information content (AvgIpc) is 3.26. The van der Waals surface area contributed by atoms with Crippen molar-refractivity contribution in [3.05, 3.63) is 125 Å². The van der Waals surface area contributed by atoms with Gasteiger partial charge in [-0.2, -0.15) is 0 Å². The van der Waals surface area contributed by atoms with E-state index in [4.69, 9.17) is 9.47 Å². The SMILES string of the molecule is COc1cc(OC)cc(C(=O)c2ccc3c(c2)C(c2ccc(O)cc2)c2c-3ccc3ccccc23)c1. The van der Waals surface area contributed by atoms with Gasteiger partial charge in [0.15, 0.2) is 5.78 Å². The number of phenols is 1. The van der Waals surface area contributed by atoms with E-state index in [1.54, 1.807) is 44.6 Å². The molecule has 1 unspecified atom stereocenters. The monoisotopic (exact) mass is 472 g/mol. The fourth-order valence-electron chi connectivity index (χ4n) is 5.30. The molecule has 0 heterocycles. The van der Waals surface area contributed by atoms with E-state index in [9.17, 15) is 9.90 Å². The van der Waals surface area contributed by atoms with E-state index < -0.39 is 0 Å². The van der Waals surface area contributed by atoms with Crippen LogP contribution in [0.1, 0.15) is 38.5 Å². The van der Waals surface area contributed by atoms with Gasteiger partial charge in [-0.1, -0.05) is 60.7 Å². The normalized spacial score (nSPS) is 13.8. The lowest BCUT2D eigenvalue weighted by molar-refractivity contribution is 0.103. The lowest BCUT2D eigenvalue weighted by Gasteiger charge is -2.17. The van der Waals surface area contributed by atoms with Crippen molar-refractivity contribution in [1.82, 2.24) is 0 Å². The van der Waals surface area contributed by atoms with Gasteiger partial charge >= 0.3 is 0 Å². The number of fused-ring (bicyclic) bond motifs is 5. The van der Waals surface area contributed by atoms with Gasteiger partial charge in [-0.15, -0.1) is 0 Å². The molecule has 5 aromatic carbocycles. The summed E-state index contributed by atoms with van der Waals surface area (Å²) in [5.41, 5.74) is 6.77. The number of rotatable bonds is 5. The van der Waals surface area contributed by atoms with Crippen LogP contribution in [0.15, 0.2) is 97.1 Å². The largest absolute Gasteiger partial charge is 0.508 e. The molecule has 176 valence electrons. The Morgan fingerprint density at radius 2 is 1.42 bits per heavy atom. The van der Waals surface area contributed by atoms with E-state index in [0.717, 1.165) is 16.7 Å². The summed E-state index contributed by atoms with van der Waals surface area (Å²) in [5, 5.41) is 12.3. The van der Waals surface area contributed by atoms with Gasteiger partial charge in [-0.05, 0) is 68.9 Å². The van der Waals surface area contributed by atoms with Crippen LogP contribution in [0.5, 0.6) is 17.2 Å². The number of carbonyl (C=O) groups is 1. The fourth-order valence-corrected chi connectivity index (χ4v) is 5.30. The molecule has 0 spiro atoms. The summed E-state index contributed by atoms with van der Waals surface area (Å²) in [5.74, 6) is 1.21. The van der Waals surface area contributed by atoms with E-state index in [-0.39, 0.29) is 17.5 Å². The van der Waals surface area contributed by atoms with Crippen molar-refractivity contribution in [2.24, 2.45) is 0 Å². The smallest absolute Gasteiger partial charge is 0.193 e. The first-order valence-electron chi connectivity index (χ1n) is 11.8. The zero-order valence-corrected chi connectivity index (χ0v) is 20.0. The minimum absolute atomic E-state index is 0.0608. The maximum Gasteiger partial charge on any atom is 0.193 e. The van der Waals surface area contributed by atoms with Crippen molar-refractivity contribution < 1.29 is 19.4 Å². The second kappa shape index (κ2) is 8.58. The minimum Gasteiger partial charge on any atom is -0.508 e. The van der Waals surface area contributed by atoms with Gasteiger partial charge in [-0.25, -0.2) is 0 Å². The Morgan fingerprint density at radius 3 is 2.14 bits per heavy atom. The van der Waals surface area contributed by atoms with E-state index in [2.05, 4.69) is 30.3 Å². The molecule has 1 aliphatic rings. The van der Waals surface area contributed by atoms with Crippen molar-refractivity contribution in [3.63, 3.8) is 0 Å². The lowest BCUT2D eigenvalue weighted by Crippen LogP contribution is -2.05. The maximum absolute atomic E-state index is 13.6. The van der Waals surface area contributed by atoms with Crippen molar-refractivity contribution in [1.29, 1.82) is 0 Å². The molecule has 6 rings (SSSR count). The molecule has 0 aromatic heterocycles. The van der Waals surface area contributed by atoms with Crippen molar-refractivity contribution in [3.8, 4) is 28.4 Å². The van der Waals surface area contributed by atoms with Crippen LogP contribution in [0, 0.1) is 0 Å². The first-order chi connectivity index (χ1) is 17.6. The zero-order valence-electron chi connectivity index (χ0n) is 20.0. The Kier molecular flexibility index (Phi) is 5.23. The Bertz CT molecular complexity index is 1610. The summed E-state index contributed by atoms with van der Waals surface area (Å²) >= 11 is 0. The third-order valence-corrected chi connectivity index (χ3v) is 7.01. The van der Waals surface area contributed by atoms with Crippen LogP contribution in [-0.2, 0) is 0 Å². The summed E-state index contributed by atoms with van der Waals surface area (Å²) in [6.45, 7) is 0. The quantitative estimate of drug-likeness (QED) is 0.276. The molecule has 0 fully saturated rings. The van der Waals surface area contributed by atoms with Crippen molar-refractivity contribution in [2.45, 2.75) is 5.92 Å². The standard InChI is InChI=1S/C32H24O4/c1-35-24-15-22(16-25(18-24)36-2)32(34)21-10-13-27-28-14-9-19-5-3-4-6-26(19)31(28)30(29(27)17-21)20-7-11-23(33)12-8-20/h3-18,30,33H,1-2H3. The Hall–Kier alpha value is -4.57. The van der Waals surface area contributed by atoms with Gasteiger partial charge in [0.1, 0.15) is 17.2 Å². The van der Waals surface area contributed by atoms with Gasteiger partial charge in [0.05, 0.1) is 14.2 Å². The number of hydrogen-bond acceptors (Lipinski definition) is 4. The molecule has 0 amide bonds. The Labute approximate surface area is 209 Å². The number of ether oxygens (including phenoxy) is 2. The van der Waals surface area contributed by atoms with Crippen molar-refractivity contribution >= 4 is 16.6 Å². The summed E-state index contributed by atoms with van der Waals surface area (Å²) in [7, 11) is 3.14. The molecule has 4 heteroatoms. The molecule has 0 saturated heterocycles. The minimum atomic E-state index is -0.0970. The van der Waals surface area contributed by atoms with E-state index in [1.165, 1.54) is 21.9 Å². The first-order valence-corrected chi connectivity index (χ1v) is 11.8. The highest BCUT2D eigenvalue weighted by molar-refractivity contribution is 6.10. The summed E-state index contributed by atoms with van der Waals surface area (Å²) in [6.07, 6.45) is 0. The Morgan fingerprint density at radius 1 is 0.722 bits per heavy atom. The highest BCUT2D eigenvalue weighted by Gasteiger charge is 2.32. The number of ketones is 1. The Balaban J connectivity index is 1.54. The number of benzene rings is 5. The van der Waals surface area contributed by atoms with Crippen LogP contribution < -0.4 is 9.47 Å². The van der Waals surface area contributed by atoms with Gasteiger partial charge in [0.2, 0.25) is 0 Å². The molecule has 1 atom stereocenters. The molecule has 0 aliphatic heterocycles. The molecule has 0 bridgehead atoms. The number of aromatic hydroxyl groups is 1. The van der Waals surface area contributed by atoms with Crippen molar-refractivity contribution in [2.75, 3.05) is 14.2 Å². The average molecular weight is 473 g/mol. The van der Waals surface area contributed by atoms with Crippen LogP contribution in [0.4, 0.5) is 0 Å². The second-order valence-electron chi connectivity index (χ2n) is 9.00. The number of phenolic OH excluding ortho intramolecular Hbond substituents is 1. The highest BCUT2D eigenvalue weighted by atomic mass is 16.5. The topological polar surface area (TPSA) is 55.8 Å². The molecule has 0 saturated carbocycles. The first kappa shape index (κ1) is 21.9. The molecule has 36 heavy (non-hydrogen) atoms. The third kappa shape index (κ3) is 3.50. The summed E-state index contributed by atoms with van der Waals surface area (Å²) < 4.78 is 10.7. The van der Waals surface area contributed by atoms with E-state index in [1.807, 2.05) is 36.4 Å². The predicted octanol–water partition coefficient (Wildman–Crippen LogP) is 6.95. The van der Waals surface area contributed by atoms with Crippen LogP contribution >= 0.6 is 0 Å². The molecule has 4 nitrogen and oxygen atoms in total. The molecule has 5 aromatic rings. The molecular formula is C32H24O4. The van der Waals surface area contributed by atoms with Crippen LogP contribution in [0.2, 0.25) is 0 Å². The van der Waals surface area contributed by atoms with Gasteiger partial charge < -0.3 is 14.6 Å². The summed E-state index contributed by atoms with van der Waals surface area (Å²) in [6, 6.07) is 31.2. The van der Waals surface area contributed by atoms with Gasteiger partial charge in [-0.3, -0.25) is 4.79 Å². The van der Waals surface area contributed by atoms with E-state index >= 15 is 0 Å². The lowest BCUT2D eigenvalue weighted by atomic mass is 9.86. The second-order valence-corrected chi connectivity index (χ2v) is 9.00. The van der Waals surface area contributed by atoms with Gasteiger partial charge in [0, 0.05) is 23.1 Å². The van der Waals surface area contributed by atoms with Gasteiger partial charge in [0.25, 0.3) is 0 Å². The highest BCUT2D eigenvalue weighted by Crippen LogP contribution is 2.51. The molecular weight excluding hydrogens is 448 g/mol. The number of hydrogen-bond donors (Lipinski definition) is 1. The maximum atomic E-state index is 13.6. The van der Waals surface area contributed by atoms with Crippen LogP contribution in [0.3, 0.4) is 0 Å². The molecule has 1 aliphatic carbocycles. The zero-order chi connectivity index (χ0) is 24.8. The predicted molar refractivity (Wildman–Crippen MR) is 141 cm³/mol. The molecule has 1 N–H and O–H groups in total. The third-order valence-electron chi connectivity index (χ3n) is 7.01. The van der Waals surface area contributed by atoms with Crippen LogP contribution in [-0.4, -0.2) is 25.1 Å². The fraction of sp³-hybridized carbons (Fsp3) is 0.0938. The summed E-state index contributed by atoms with van der Waals surface area (Å²) in [4.78, 5) is 13.6. The van der Waals surface area contributed by atoms with Crippen LogP contribution in [0.25, 0.3) is 21.9 Å². The molecule has 0 radical (unpaired) electrons.